The summed E-state index contributed by atoms with van der Waals surface area (Å²) < 4.78 is 10.6. The summed E-state index contributed by atoms with van der Waals surface area (Å²) >= 11 is 1.52. The minimum Gasteiger partial charge on any atom is -0.495 e. The van der Waals surface area contributed by atoms with Crippen molar-refractivity contribution in [3.63, 3.8) is 0 Å². The number of thiophene rings is 1. The number of methoxy groups -OCH3 is 1. The van der Waals surface area contributed by atoms with E-state index >= 15 is 0 Å². The second kappa shape index (κ2) is 4.41. The van der Waals surface area contributed by atoms with Gasteiger partial charge in [-0.2, -0.15) is 0 Å². The minimum absolute atomic E-state index is 0.507. The Kier molecular flexibility index (Phi) is 2.98. The first-order chi connectivity index (χ1) is 7.35. The van der Waals surface area contributed by atoms with Gasteiger partial charge in [-0.3, -0.25) is 0 Å². The van der Waals surface area contributed by atoms with Crippen molar-refractivity contribution in [3.8, 4) is 16.5 Å². The second-order valence-electron chi connectivity index (χ2n) is 2.85. The Morgan fingerprint density at radius 2 is 2.40 bits per heavy atom. The molecule has 6 heteroatoms. The van der Waals surface area contributed by atoms with Gasteiger partial charge in [0.2, 0.25) is 5.89 Å². The van der Waals surface area contributed by atoms with E-state index in [2.05, 4.69) is 15.5 Å². The first kappa shape index (κ1) is 10.1. The normalized spacial score (nSPS) is 10.5. The van der Waals surface area contributed by atoms with Crippen molar-refractivity contribution in [2.45, 2.75) is 6.54 Å². The molecule has 0 amide bonds. The molecule has 0 atom stereocenters. The molecule has 0 saturated carbocycles. The van der Waals surface area contributed by atoms with Crippen LogP contribution in [0.4, 0.5) is 0 Å². The number of hydrogen-bond donors (Lipinski definition) is 1. The number of aromatic nitrogens is 2. The Morgan fingerprint density at radius 3 is 3.13 bits per heavy atom. The molecule has 0 aromatic carbocycles. The molecular formula is C9H11N3O2S. The van der Waals surface area contributed by atoms with E-state index in [0.717, 1.165) is 10.6 Å². The molecule has 2 aromatic rings. The van der Waals surface area contributed by atoms with Gasteiger partial charge < -0.3 is 14.5 Å². The Hall–Kier alpha value is -1.40. The van der Waals surface area contributed by atoms with Gasteiger partial charge >= 0.3 is 0 Å². The second-order valence-corrected chi connectivity index (χ2v) is 3.77. The van der Waals surface area contributed by atoms with Crippen molar-refractivity contribution in [1.82, 2.24) is 15.5 Å². The van der Waals surface area contributed by atoms with Gasteiger partial charge in [0.25, 0.3) is 5.89 Å². The molecule has 0 bridgehead atoms. The smallest absolute Gasteiger partial charge is 0.261 e. The van der Waals surface area contributed by atoms with Crippen LogP contribution < -0.4 is 10.1 Å². The molecule has 15 heavy (non-hydrogen) atoms. The molecule has 2 rings (SSSR count). The molecule has 1 N–H and O–H groups in total. The highest BCUT2D eigenvalue weighted by molar-refractivity contribution is 7.13. The average molecular weight is 225 g/mol. The van der Waals surface area contributed by atoms with Crippen LogP contribution in [0.1, 0.15) is 5.89 Å². The predicted molar refractivity (Wildman–Crippen MR) is 56.9 cm³/mol. The Bertz CT molecular complexity index is 438. The quantitative estimate of drug-likeness (QED) is 0.855. The van der Waals surface area contributed by atoms with Crippen LogP contribution in [0.3, 0.4) is 0 Å². The van der Waals surface area contributed by atoms with E-state index in [1.165, 1.54) is 11.3 Å². The van der Waals surface area contributed by atoms with Gasteiger partial charge in [0.15, 0.2) is 0 Å². The number of hydrogen-bond acceptors (Lipinski definition) is 6. The maximum Gasteiger partial charge on any atom is 0.261 e. The molecule has 2 heterocycles. The molecule has 0 spiro atoms. The lowest BCUT2D eigenvalue weighted by molar-refractivity contribution is 0.415. The van der Waals surface area contributed by atoms with Gasteiger partial charge in [-0.1, -0.05) is 0 Å². The molecule has 0 aliphatic heterocycles. The number of nitrogens with one attached hydrogen (secondary N) is 1. The monoisotopic (exact) mass is 225 g/mol. The van der Waals surface area contributed by atoms with Crippen LogP contribution in [0, 0.1) is 0 Å². The number of rotatable bonds is 4. The third kappa shape index (κ3) is 2.00. The first-order valence-electron chi connectivity index (χ1n) is 4.44. The maximum atomic E-state index is 5.46. The van der Waals surface area contributed by atoms with E-state index in [0.29, 0.717) is 18.3 Å². The highest BCUT2D eigenvalue weighted by Crippen LogP contribution is 2.34. The molecule has 0 aliphatic carbocycles. The largest absolute Gasteiger partial charge is 0.495 e. The van der Waals surface area contributed by atoms with Crippen LogP contribution in [-0.2, 0) is 6.54 Å². The molecule has 0 aliphatic rings. The predicted octanol–water partition coefficient (Wildman–Crippen LogP) is 1.53. The fourth-order valence-corrected chi connectivity index (χ4v) is 1.96. The lowest BCUT2D eigenvalue weighted by atomic mass is 10.4. The zero-order valence-corrected chi connectivity index (χ0v) is 9.30. The average Bonchev–Trinajstić information content (AvgIpc) is 2.84. The van der Waals surface area contributed by atoms with Gasteiger partial charge in [-0.25, -0.2) is 0 Å². The van der Waals surface area contributed by atoms with Crippen LogP contribution in [0.5, 0.6) is 5.75 Å². The summed E-state index contributed by atoms with van der Waals surface area (Å²) in [6, 6.07) is 1.88. The van der Waals surface area contributed by atoms with Crippen LogP contribution in [0.2, 0.25) is 0 Å². The van der Waals surface area contributed by atoms with E-state index in [-0.39, 0.29) is 0 Å². The molecule has 5 nitrogen and oxygen atoms in total. The van der Waals surface area contributed by atoms with Crippen LogP contribution >= 0.6 is 11.3 Å². The van der Waals surface area contributed by atoms with Gasteiger partial charge in [0.05, 0.1) is 13.7 Å². The lowest BCUT2D eigenvalue weighted by Gasteiger charge is -1.96. The van der Waals surface area contributed by atoms with E-state index in [1.54, 1.807) is 7.11 Å². The fraction of sp³-hybridized carbons (Fsp3) is 0.333. The van der Waals surface area contributed by atoms with Gasteiger partial charge in [0, 0.05) is 0 Å². The number of ether oxygens (including phenoxy) is 1. The van der Waals surface area contributed by atoms with Gasteiger partial charge in [-0.05, 0) is 18.5 Å². The molecule has 80 valence electrons. The minimum atomic E-state index is 0.507. The van der Waals surface area contributed by atoms with Crippen molar-refractivity contribution in [2.24, 2.45) is 0 Å². The van der Waals surface area contributed by atoms with Crippen molar-refractivity contribution in [2.75, 3.05) is 14.2 Å². The van der Waals surface area contributed by atoms with E-state index in [9.17, 15) is 0 Å². The van der Waals surface area contributed by atoms with Crippen LogP contribution in [0.25, 0.3) is 10.8 Å². The fourth-order valence-electron chi connectivity index (χ4n) is 1.18. The summed E-state index contributed by atoms with van der Waals surface area (Å²) in [5.41, 5.74) is 0. The maximum absolute atomic E-state index is 5.46. The van der Waals surface area contributed by atoms with Crippen LogP contribution in [0.15, 0.2) is 15.9 Å². The highest BCUT2D eigenvalue weighted by atomic mass is 32.1. The summed E-state index contributed by atoms with van der Waals surface area (Å²) in [7, 11) is 3.45. The zero-order valence-electron chi connectivity index (χ0n) is 8.48. The number of nitrogens with zero attached hydrogens (tertiary/aromatic N) is 2. The molecule has 0 fully saturated rings. The molecular weight excluding hydrogens is 214 g/mol. The zero-order chi connectivity index (χ0) is 10.7. The molecule has 0 radical (unpaired) electrons. The molecule has 0 unspecified atom stereocenters. The highest BCUT2D eigenvalue weighted by Gasteiger charge is 2.14. The Labute approximate surface area is 91.1 Å². The first-order valence-corrected chi connectivity index (χ1v) is 5.32. The molecule has 0 saturated heterocycles. The standard InChI is InChI=1S/C9H11N3O2S/c1-10-5-7-11-12-9(14-7)8-6(13-2)3-4-15-8/h3-4,10H,5H2,1-2H3. The summed E-state index contributed by atoms with van der Waals surface area (Å²) in [6.07, 6.45) is 0. The molecule has 2 aromatic heterocycles. The van der Waals surface area contributed by atoms with Crippen molar-refractivity contribution < 1.29 is 9.15 Å². The van der Waals surface area contributed by atoms with Gasteiger partial charge in [-0.15, -0.1) is 21.5 Å². The summed E-state index contributed by atoms with van der Waals surface area (Å²) in [5.74, 6) is 1.84. The van der Waals surface area contributed by atoms with Crippen molar-refractivity contribution >= 4 is 11.3 Å². The Balaban J connectivity index is 2.28. The topological polar surface area (TPSA) is 60.2 Å². The van der Waals surface area contributed by atoms with E-state index in [4.69, 9.17) is 9.15 Å². The third-order valence-electron chi connectivity index (χ3n) is 1.84. The van der Waals surface area contributed by atoms with Crippen molar-refractivity contribution in [1.29, 1.82) is 0 Å². The van der Waals surface area contributed by atoms with Gasteiger partial charge in [0.1, 0.15) is 10.6 Å². The lowest BCUT2D eigenvalue weighted by Crippen LogP contribution is -2.04. The summed E-state index contributed by atoms with van der Waals surface area (Å²) in [4.78, 5) is 0.868. The Morgan fingerprint density at radius 1 is 1.53 bits per heavy atom. The van der Waals surface area contributed by atoms with E-state index < -0.39 is 0 Å². The van der Waals surface area contributed by atoms with E-state index in [1.807, 2.05) is 18.5 Å². The van der Waals surface area contributed by atoms with Crippen LogP contribution in [-0.4, -0.2) is 24.4 Å². The SMILES string of the molecule is CNCc1nnc(-c2sccc2OC)o1. The summed E-state index contributed by atoms with van der Waals surface area (Å²) in [5, 5.41) is 12.7. The third-order valence-corrected chi connectivity index (χ3v) is 2.72. The summed E-state index contributed by atoms with van der Waals surface area (Å²) in [6.45, 7) is 0.570. The van der Waals surface area contributed by atoms with Crippen molar-refractivity contribution in [3.05, 3.63) is 17.3 Å².